The molecule has 0 bridgehead atoms. The van der Waals surface area contributed by atoms with Crippen molar-refractivity contribution in [2.24, 2.45) is 4.99 Å². The van der Waals surface area contributed by atoms with Gasteiger partial charge in [-0.2, -0.15) is 0 Å². The van der Waals surface area contributed by atoms with E-state index in [0.29, 0.717) is 5.84 Å². The summed E-state index contributed by atoms with van der Waals surface area (Å²) in [5.41, 5.74) is 2.46. The maximum Gasteiger partial charge on any atom is 0.289 e. The summed E-state index contributed by atoms with van der Waals surface area (Å²) < 4.78 is 0. The van der Waals surface area contributed by atoms with Crippen LogP contribution in [-0.2, 0) is 4.79 Å². The summed E-state index contributed by atoms with van der Waals surface area (Å²) in [5, 5.41) is 3.26. The zero-order valence-electron chi connectivity index (χ0n) is 11.5. The smallest absolute Gasteiger partial charge is 0.289 e. The van der Waals surface area contributed by atoms with Gasteiger partial charge in [0, 0.05) is 38.9 Å². The summed E-state index contributed by atoms with van der Waals surface area (Å²) in [5.74, 6) is 0.665. The lowest BCUT2D eigenvalue weighted by Crippen LogP contribution is -2.50. The highest BCUT2D eigenvalue weighted by molar-refractivity contribution is 6.38. The van der Waals surface area contributed by atoms with Crippen molar-refractivity contribution in [2.75, 3.05) is 33.2 Å². The van der Waals surface area contributed by atoms with Crippen molar-refractivity contribution in [1.29, 1.82) is 0 Å². The highest BCUT2D eigenvalue weighted by atomic mass is 16.2. The fourth-order valence-corrected chi connectivity index (χ4v) is 2.83. The van der Waals surface area contributed by atoms with Crippen LogP contribution in [0.15, 0.2) is 28.4 Å². The largest absolute Gasteiger partial charge is 0.333 e. The maximum absolute atomic E-state index is 12.5. The first-order valence-corrected chi connectivity index (χ1v) is 6.85. The first-order valence-electron chi connectivity index (χ1n) is 6.85. The van der Waals surface area contributed by atoms with E-state index in [1.807, 2.05) is 16.8 Å². The van der Waals surface area contributed by atoms with Crippen LogP contribution in [0.1, 0.15) is 13.3 Å². The van der Waals surface area contributed by atoms with Crippen LogP contribution < -0.4 is 5.32 Å². The number of amidine groups is 1. The third kappa shape index (κ3) is 2.18. The molecule has 0 aromatic heterocycles. The number of aliphatic imine (C=N–C) groups is 1. The van der Waals surface area contributed by atoms with Gasteiger partial charge in [0.05, 0.1) is 6.04 Å². The first-order chi connectivity index (χ1) is 9.16. The zero-order chi connectivity index (χ0) is 13.4. The Labute approximate surface area is 113 Å². The van der Waals surface area contributed by atoms with Gasteiger partial charge in [0.15, 0.2) is 5.84 Å². The van der Waals surface area contributed by atoms with Gasteiger partial charge in [-0.1, -0.05) is 11.6 Å². The summed E-state index contributed by atoms with van der Waals surface area (Å²) in [4.78, 5) is 21.0. The molecule has 1 atom stereocenters. The number of hydrogen-bond acceptors (Lipinski definition) is 4. The van der Waals surface area contributed by atoms with Crippen molar-refractivity contribution in [2.45, 2.75) is 19.4 Å². The molecular formula is C14H20N4O. The van der Waals surface area contributed by atoms with Crippen LogP contribution in [0.2, 0.25) is 0 Å². The summed E-state index contributed by atoms with van der Waals surface area (Å²) in [6.45, 7) is 5.39. The van der Waals surface area contributed by atoms with Gasteiger partial charge < -0.3 is 15.1 Å². The highest BCUT2D eigenvalue weighted by Crippen LogP contribution is 2.29. The molecule has 1 aliphatic carbocycles. The van der Waals surface area contributed by atoms with Crippen molar-refractivity contribution in [3.63, 3.8) is 0 Å². The number of rotatable bonds is 1. The molecule has 0 aromatic carbocycles. The van der Waals surface area contributed by atoms with E-state index < -0.39 is 0 Å². The molecule has 1 fully saturated rings. The van der Waals surface area contributed by atoms with Crippen LogP contribution in [0.5, 0.6) is 0 Å². The molecule has 2 heterocycles. The number of carbonyl (C=O) groups is 1. The Morgan fingerprint density at radius 1 is 1.37 bits per heavy atom. The van der Waals surface area contributed by atoms with Crippen LogP contribution in [0.4, 0.5) is 0 Å². The van der Waals surface area contributed by atoms with Crippen LogP contribution in [0.3, 0.4) is 0 Å². The molecule has 1 N–H and O–H groups in total. The number of nitrogens with zero attached hydrogens (tertiary/aromatic N) is 3. The highest BCUT2D eigenvalue weighted by Gasteiger charge is 2.35. The van der Waals surface area contributed by atoms with E-state index in [0.717, 1.165) is 38.3 Å². The second-order valence-corrected chi connectivity index (χ2v) is 5.38. The van der Waals surface area contributed by atoms with Gasteiger partial charge in [-0.15, -0.1) is 0 Å². The zero-order valence-corrected chi connectivity index (χ0v) is 11.5. The van der Waals surface area contributed by atoms with E-state index in [1.165, 1.54) is 5.57 Å². The average Bonchev–Trinajstić information content (AvgIpc) is 2.75. The first kappa shape index (κ1) is 12.4. The number of piperazine rings is 1. The van der Waals surface area contributed by atoms with Gasteiger partial charge in [0.2, 0.25) is 0 Å². The lowest BCUT2D eigenvalue weighted by Gasteiger charge is -2.29. The van der Waals surface area contributed by atoms with Crippen LogP contribution in [0.25, 0.3) is 0 Å². The molecule has 2 aliphatic heterocycles. The molecule has 0 saturated carbocycles. The van der Waals surface area contributed by atoms with Crippen molar-refractivity contribution in [3.8, 4) is 0 Å². The molecule has 0 spiro atoms. The Bertz CT molecular complexity index is 486. The molecule has 0 aromatic rings. The van der Waals surface area contributed by atoms with Crippen molar-refractivity contribution >= 4 is 11.7 Å². The van der Waals surface area contributed by atoms with E-state index in [-0.39, 0.29) is 11.9 Å². The lowest BCUT2D eigenvalue weighted by atomic mass is 10.00. The molecule has 1 amide bonds. The number of carbonyl (C=O) groups excluding carboxylic acids is 1. The minimum Gasteiger partial charge on any atom is -0.333 e. The monoisotopic (exact) mass is 260 g/mol. The SMILES string of the molecule is CC1=CC=C2C(C1)N=C(C(=O)N1CCNCC1)N2C. The summed E-state index contributed by atoms with van der Waals surface area (Å²) in [6.07, 6.45) is 5.13. The van der Waals surface area contributed by atoms with Crippen molar-refractivity contribution in [3.05, 3.63) is 23.4 Å². The number of amides is 1. The Balaban J connectivity index is 1.79. The maximum atomic E-state index is 12.5. The summed E-state index contributed by atoms with van der Waals surface area (Å²) >= 11 is 0. The predicted molar refractivity (Wildman–Crippen MR) is 74.9 cm³/mol. The number of likely N-dealkylation sites (N-methyl/N-ethyl adjacent to an activating group) is 1. The van der Waals surface area contributed by atoms with E-state index in [4.69, 9.17) is 0 Å². The van der Waals surface area contributed by atoms with Crippen molar-refractivity contribution in [1.82, 2.24) is 15.1 Å². The lowest BCUT2D eigenvalue weighted by molar-refractivity contribution is -0.125. The third-order valence-electron chi connectivity index (χ3n) is 3.97. The average molecular weight is 260 g/mol. The van der Waals surface area contributed by atoms with E-state index in [9.17, 15) is 4.79 Å². The molecule has 3 aliphatic rings. The Hall–Kier alpha value is -1.62. The molecule has 0 radical (unpaired) electrons. The standard InChI is InChI=1S/C14H20N4O/c1-10-3-4-12-11(9-10)16-13(17(12)2)14(19)18-7-5-15-6-8-18/h3-4,11,15H,5-9H2,1-2H3. The Kier molecular flexibility index (Phi) is 3.14. The number of hydrogen-bond donors (Lipinski definition) is 1. The van der Waals surface area contributed by atoms with Gasteiger partial charge >= 0.3 is 0 Å². The molecule has 1 saturated heterocycles. The second kappa shape index (κ2) is 4.81. The van der Waals surface area contributed by atoms with Crippen LogP contribution in [-0.4, -0.2) is 60.8 Å². The summed E-state index contributed by atoms with van der Waals surface area (Å²) in [6, 6.07) is 0.136. The molecule has 5 nitrogen and oxygen atoms in total. The van der Waals surface area contributed by atoms with Gasteiger partial charge in [-0.3, -0.25) is 9.79 Å². The van der Waals surface area contributed by atoms with Crippen molar-refractivity contribution < 1.29 is 4.79 Å². The predicted octanol–water partition coefficient (Wildman–Crippen LogP) is 0.365. The fourth-order valence-electron chi connectivity index (χ4n) is 2.83. The van der Waals surface area contributed by atoms with Gasteiger partial charge in [0.1, 0.15) is 0 Å². The van der Waals surface area contributed by atoms with E-state index in [1.54, 1.807) is 0 Å². The van der Waals surface area contributed by atoms with Gasteiger partial charge in [0.25, 0.3) is 5.91 Å². The molecule has 5 heteroatoms. The van der Waals surface area contributed by atoms with Gasteiger partial charge in [-0.05, 0) is 19.4 Å². The minimum atomic E-state index is 0.0666. The third-order valence-corrected chi connectivity index (χ3v) is 3.97. The molecule has 3 rings (SSSR count). The quantitative estimate of drug-likeness (QED) is 0.741. The van der Waals surface area contributed by atoms with Gasteiger partial charge in [-0.25, -0.2) is 0 Å². The number of nitrogens with one attached hydrogen (secondary N) is 1. The second-order valence-electron chi connectivity index (χ2n) is 5.38. The molecule has 19 heavy (non-hydrogen) atoms. The topological polar surface area (TPSA) is 47.9 Å². The number of allylic oxidation sites excluding steroid dienone is 2. The minimum absolute atomic E-state index is 0.0666. The summed E-state index contributed by atoms with van der Waals surface area (Å²) in [7, 11) is 1.94. The fraction of sp³-hybridized carbons (Fsp3) is 0.571. The molecule has 1 unspecified atom stereocenters. The Morgan fingerprint density at radius 3 is 2.84 bits per heavy atom. The molecule has 102 valence electrons. The van der Waals surface area contributed by atoms with E-state index >= 15 is 0 Å². The van der Waals surface area contributed by atoms with Crippen LogP contribution in [0, 0.1) is 0 Å². The molecular weight excluding hydrogens is 240 g/mol. The Morgan fingerprint density at radius 2 is 2.11 bits per heavy atom. The number of fused-ring (bicyclic) bond motifs is 1. The van der Waals surface area contributed by atoms with E-state index in [2.05, 4.69) is 29.4 Å². The normalized spacial score (nSPS) is 26.6. The van der Waals surface area contributed by atoms with Crippen LogP contribution >= 0.6 is 0 Å².